The molecule has 0 atom stereocenters. The quantitative estimate of drug-likeness (QED) is 0.251. The third kappa shape index (κ3) is 5.87. The summed E-state index contributed by atoms with van der Waals surface area (Å²) < 4.78 is 172. The van der Waals surface area contributed by atoms with Crippen molar-refractivity contribution >= 4 is 6.08 Å². The van der Waals surface area contributed by atoms with Crippen molar-refractivity contribution in [1.82, 2.24) is 0 Å². The number of allylic oxidation sites excluding steroid dienone is 1. The van der Waals surface area contributed by atoms with Gasteiger partial charge in [-0.3, -0.25) is 0 Å². The standard InChI is InChI=1S/C25H24F13N/c1-2-3-11-19(15-39)12-9-18(10-13-19)17-6-4-16(5-7-17)8-14-20(26,27)21(28,29)22(30,31)23(32,33)24(34,35)25(36,37)38/h4-8,14,18H,2-3,9-13H2,1H3/b14-8+. The largest absolute Gasteiger partial charge is 0.460 e. The number of nitrogens with zero attached hydrogens (tertiary/aromatic N) is 1. The Morgan fingerprint density at radius 1 is 0.795 bits per heavy atom. The molecule has 0 aliphatic heterocycles. The molecule has 0 N–H and O–H groups in total. The van der Waals surface area contributed by atoms with E-state index in [0.717, 1.165) is 31.4 Å². The maximum atomic E-state index is 14.0. The third-order valence-electron chi connectivity index (χ3n) is 7.04. The lowest BCUT2D eigenvalue weighted by atomic mass is 9.67. The first-order valence-electron chi connectivity index (χ1n) is 11.8. The molecule has 0 aromatic heterocycles. The van der Waals surface area contributed by atoms with Crippen LogP contribution in [0.4, 0.5) is 57.1 Å². The summed E-state index contributed by atoms with van der Waals surface area (Å²) >= 11 is 0. The predicted octanol–water partition coefficient (Wildman–Crippen LogP) is 9.80. The van der Waals surface area contributed by atoms with E-state index in [1.165, 1.54) is 12.1 Å². The van der Waals surface area contributed by atoms with Crippen LogP contribution in [0, 0.1) is 16.7 Å². The number of unbranched alkanes of at least 4 members (excludes halogenated alkanes) is 1. The predicted molar refractivity (Wildman–Crippen MR) is 115 cm³/mol. The van der Waals surface area contributed by atoms with E-state index < -0.39 is 47.3 Å². The molecule has 1 aliphatic carbocycles. The molecule has 0 heterocycles. The first-order chi connectivity index (χ1) is 17.6. The highest BCUT2D eigenvalue weighted by Gasteiger charge is 2.90. The molecule has 1 aromatic carbocycles. The van der Waals surface area contributed by atoms with Crippen LogP contribution >= 0.6 is 0 Å². The summed E-state index contributed by atoms with van der Waals surface area (Å²) in [6.07, 6.45) is -3.24. The fraction of sp³-hybridized carbons (Fsp3) is 0.640. The van der Waals surface area contributed by atoms with Crippen molar-refractivity contribution < 1.29 is 57.1 Å². The second-order valence-corrected chi connectivity index (χ2v) is 9.69. The van der Waals surface area contributed by atoms with Crippen molar-refractivity contribution in [3.8, 4) is 6.07 Å². The minimum Gasteiger partial charge on any atom is -0.198 e. The molecule has 2 rings (SSSR count). The number of benzene rings is 1. The van der Waals surface area contributed by atoms with Gasteiger partial charge in [0.15, 0.2) is 0 Å². The van der Waals surface area contributed by atoms with Crippen molar-refractivity contribution in [2.45, 2.75) is 93.6 Å². The van der Waals surface area contributed by atoms with E-state index in [0.29, 0.717) is 31.2 Å². The van der Waals surface area contributed by atoms with Gasteiger partial charge in [0.25, 0.3) is 0 Å². The Balaban J connectivity index is 2.21. The molecular formula is C25H24F13N. The highest BCUT2D eigenvalue weighted by Crippen LogP contribution is 2.60. The van der Waals surface area contributed by atoms with Crippen LogP contribution in [0.15, 0.2) is 30.3 Å². The third-order valence-corrected chi connectivity index (χ3v) is 7.04. The highest BCUT2D eigenvalue weighted by atomic mass is 19.4. The van der Waals surface area contributed by atoms with Gasteiger partial charge in [-0.2, -0.15) is 62.3 Å². The van der Waals surface area contributed by atoms with Gasteiger partial charge in [-0.05, 0) is 55.2 Å². The summed E-state index contributed by atoms with van der Waals surface area (Å²) in [4.78, 5) is 0. The van der Waals surface area contributed by atoms with Gasteiger partial charge in [0.05, 0.1) is 11.5 Å². The van der Waals surface area contributed by atoms with E-state index in [1.807, 2.05) is 6.92 Å². The van der Waals surface area contributed by atoms with Gasteiger partial charge in [0.1, 0.15) is 0 Å². The van der Waals surface area contributed by atoms with Crippen molar-refractivity contribution in [2.24, 2.45) is 5.41 Å². The van der Waals surface area contributed by atoms with Crippen LogP contribution in [0.5, 0.6) is 0 Å². The Labute approximate surface area is 215 Å². The summed E-state index contributed by atoms with van der Waals surface area (Å²) in [5.41, 5.74) is -0.0450. The van der Waals surface area contributed by atoms with Crippen molar-refractivity contribution in [3.05, 3.63) is 41.5 Å². The van der Waals surface area contributed by atoms with Gasteiger partial charge in [-0.15, -0.1) is 0 Å². The summed E-state index contributed by atoms with van der Waals surface area (Å²) in [6, 6.07) is 7.44. The second kappa shape index (κ2) is 10.8. The molecule has 1 nitrogen and oxygen atoms in total. The molecule has 0 bridgehead atoms. The summed E-state index contributed by atoms with van der Waals surface area (Å²) in [5, 5.41) is 9.57. The minimum atomic E-state index is -7.92. The van der Waals surface area contributed by atoms with Gasteiger partial charge in [-0.1, -0.05) is 50.1 Å². The Hall–Kier alpha value is -2.46. The van der Waals surface area contributed by atoms with Crippen LogP contribution in [-0.2, 0) is 0 Å². The molecule has 1 aliphatic rings. The van der Waals surface area contributed by atoms with Crippen molar-refractivity contribution in [1.29, 1.82) is 5.26 Å². The molecule has 1 saturated carbocycles. The van der Waals surface area contributed by atoms with E-state index in [4.69, 9.17) is 0 Å². The summed E-state index contributed by atoms with van der Waals surface area (Å²) in [7, 11) is 0. The molecule has 0 amide bonds. The van der Waals surface area contributed by atoms with Gasteiger partial charge >= 0.3 is 35.8 Å². The SMILES string of the molecule is CCCCC1(C#N)CCC(c2ccc(/C=C/C(F)(F)C(F)(F)C(F)(F)C(F)(F)C(F)(F)C(F)(F)F)cc2)CC1. The van der Waals surface area contributed by atoms with Crippen LogP contribution in [0.3, 0.4) is 0 Å². The molecule has 0 unspecified atom stereocenters. The van der Waals surface area contributed by atoms with Crippen LogP contribution in [0.1, 0.15) is 68.9 Å². The minimum absolute atomic E-state index is 0.0203. The topological polar surface area (TPSA) is 23.8 Å². The lowest BCUT2D eigenvalue weighted by molar-refractivity contribution is -0.436. The number of halogens is 13. The molecule has 1 aromatic rings. The zero-order valence-electron chi connectivity index (χ0n) is 20.4. The fourth-order valence-corrected chi connectivity index (χ4v) is 4.40. The normalized spacial score (nSPS) is 22.2. The van der Waals surface area contributed by atoms with Crippen LogP contribution in [0.2, 0.25) is 0 Å². The smallest absolute Gasteiger partial charge is 0.198 e. The lowest BCUT2D eigenvalue weighted by Gasteiger charge is -2.39. The van der Waals surface area contributed by atoms with Crippen molar-refractivity contribution in [2.75, 3.05) is 0 Å². The number of rotatable bonds is 10. The molecular weight excluding hydrogens is 561 g/mol. The van der Waals surface area contributed by atoms with E-state index in [1.54, 1.807) is 0 Å². The van der Waals surface area contributed by atoms with Crippen molar-refractivity contribution in [3.63, 3.8) is 0 Å². The van der Waals surface area contributed by atoms with Gasteiger partial charge in [0.2, 0.25) is 0 Å². The summed E-state index contributed by atoms with van der Waals surface area (Å²) in [6.45, 7) is 2.00. The monoisotopic (exact) mass is 585 g/mol. The maximum absolute atomic E-state index is 14.0. The Kier molecular flexibility index (Phi) is 9.10. The first-order valence-corrected chi connectivity index (χ1v) is 11.8. The van der Waals surface area contributed by atoms with E-state index in [2.05, 4.69) is 6.07 Å². The Morgan fingerprint density at radius 3 is 1.72 bits per heavy atom. The van der Waals surface area contributed by atoms with Crippen LogP contribution in [0.25, 0.3) is 6.08 Å². The van der Waals surface area contributed by atoms with Gasteiger partial charge in [0, 0.05) is 0 Å². The molecule has 0 spiro atoms. The van der Waals surface area contributed by atoms with E-state index in [-0.39, 0.29) is 17.6 Å². The Bertz CT molecular complexity index is 1040. The number of nitriles is 1. The summed E-state index contributed by atoms with van der Waals surface area (Å²) in [5.74, 6) is -37.1. The average Bonchev–Trinajstić information content (AvgIpc) is 2.86. The second-order valence-electron chi connectivity index (χ2n) is 9.69. The van der Waals surface area contributed by atoms with E-state index in [9.17, 15) is 62.3 Å². The van der Waals surface area contributed by atoms with Gasteiger partial charge < -0.3 is 0 Å². The molecule has 0 saturated heterocycles. The average molecular weight is 585 g/mol. The maximum Gasteiger partial charge on any atom is 0.460 e. The van der Waals surface area contributed by atoms with Crippen LogP contribution < -0.4 is 0 Å². The van der Waals surface area contributed by atoms with Crippen LogP contribution in [-0.4, -0.2) is 35.8 Å². The number of hydrogen-bond acceptors (Lipinski definition) is 1. The molecule has 1 fully saturated rings. The molecule has 39 heavy (non-hydrogen) atoms. The molecule has 0 radical (unpaired) electrons. The molecule has 220 valence electrons. The van der Waals surface area contributed by atoms with E-state index >= 15 is 0 Å². The van der Waals surface area contributed by atoms with Gasteiger partial charge in [-0.25, -0.2) is 0 Å². The highest BCUT2D eigenvalue weighted by molar-refractivity contribution is 5.51. The number of alkyl halides is 13. The zero-order chi connectivity index (χ0) is 30.1. The lowest BCUT2D eigenvalue weighted by Crippen LogP contribution is -2.69. The zero-order valence-corrected chi connectivity index (χ0v) is 20.4. The number of hydrogen-bond donors (Lipinski definition) is 0. The first kappa shape index (κ1) is 32.8. The fourth-order valence-electron chi connectivity index (χ4n) is 4.40. The molecule has 14 heteroatoms. The Morgan fingerprint density at radius 2 is 1.28 bits per heavy atom.